The number of nitro benzene ring substituents is 1. The maximum Gasteiger partial charge on any atom is 0.270 e. The Labute approximate surface area is 148 Å². The van der Waals surface area contributed by atoms with Crippen molar-refractivity contribution in [1.82, 2.24) is 0 Å². The van der Waals surface area contributed by atoms with Crippen molar-refractivity contribution in [3.05, 3.63) is 64.0 Å². The Balaban J connectivity index is 2.28. The second-order valence-corrected chi connectivity index (χ2v) is 12.5. The molecule has 0 saturated carbocycles. The Kier molecular flexibility index (Phi) is 5.44. The summed E-state index contributed by atoms with van der Waals surface area (Å²) in [6, 6.07) is 10.9. The van der Waals surface area contributed by atoms with Gasteiger partial charge in [-0.15, -0.1) is 0 Å². The third-order valence-electron chi connectivity index (χ3n) is 4.80. The van der Waals surface area contributed by atoms with Gasteiger partial charge >= 0.3 is 0 Å². The third kappa shape index (κ3) is 4.52. The first kappa shape index (κ1) is 19.3. The normalized spacial score (nSPS) is 12.2. The molecule has 6 heteroatoms. The van der Waals surface area contributed by atoms with E-state index in [2.05, 4.69) is 33.9 Å². The van der Waals surface area contributed by atoms with Crippen LogP contribution in [-0.4, -0.2) is 13.2 Å². The fraction of sp³-hybridized carbons (Fsp3) is 0.368. The number of non-ortho nitro benzene ring substituents is 1. The molecule has 0 radical (unpaired) electrons. The van der Waals surface area contributed by atoms with Crippen molar-refractivity contribution in [2.24, 2.45) is 0 Å². The van der Waals surface area contributed by atoms with Crippen LogP contribution in [-0.2, 0) is 11.0 Å². The van der Waals surface area contributed by atoms with E-state index < -0.39 is 19.1 Å². The predicted octanol–water partition coefficient (Wildman–Crippen LogP) is 5.92. The molecule has 0 aromatic heterocycles. The first-order valence-electron chi connectivity index (χ1n) is 8.18. The SMILES string of the molecule is CC(C)(C)[Si](C)(C)OCc1cccc(-c2cc([N+](=O)[O-])ccc2F)c1. The van der Waals surface area contributed by atoms with Crippen LogP contribution in [0.5, 0.6) is 0 Å². The molecule has 0 amide bonds. The van der Waals surface area contributed by atoms with Gasteiger partial charge in [0.25, 0.3) is 5.69 Å². The molecule has 0 spiro atoms. The van der Waals surface area contributed by atoms with E-state index in [0.717, 1.165) is 11.6 Å². The molecule has 0 saturated heterocycles. The summed E-state index contributed by atoms with van der Waals surface area (Å²) >= 11 is 0. The van der Waals surface area contributed by atoms with Crippen molar-refractivity contribution in [1.29, 1.82) is 0 Å². The number of hydrogen-bond acceptors (Lipinski definition) is 3. The van der Waals surface area contributed by atoms with Crippen molar-refractivity contribution in [2.75, 3.05) is 0 Å². The highest BCUT2D eigenvalue weighted by molar-refractivity contribution is 6.74. The molecular weight excluding hydrogens is 337 g/mol. The number of nitrogens with zero attached hydrogens (tertiary/aromatic N) is 1. The van der Waals surface area contributed by atoms with E-state index in [0.29, 0.717) is 12.2 Å². The van der Waals surface area contributed by atoms with Crippen LogP contribution in [0.4, 0.5) is 10.1 Å². The summed E-state index contributed by atoms with van der Waals surface area (Å²) in [6.45, 7) is 11.3. The van der Waals surface area contributed by atoms with Crippen LogP contribution in [0.1, 0.15) is 26.3 Å². The van der Waals surface area contributed by atoms with Gasteiger partial charge in [0.2, 0.25) is 0 Å². The van der Waals surface area contributed by atoms with Gasteiger partial charge in [-0.05, 0) is 41.4 Å². The molecule has 134 valence electrons. The molecule has 0 aliphatic rings. The standard InChI is InChI=1S/C19H24FNO3Si/c1-19(2,3)25(4,5)24-13-14-7-6-8-15(11-14)17-12-16(21(22)23)9-10-18(17)20/h6-12H,13H2,1-5H3. The number of hydrogen-bond donors (Lipinski definition) is 0. The van der Waals surface area contributed by atoms with Crippen LogP contribution >= 0.6 is 0 Å². The van der Waals surface area contributed by atoms with Crippen molar-refractivity contribution >= 4 is 14.0 Å². The molecule has 2 aromatic carbocycles. The zero-order valence-electron chi connectivity index (χ0n) is 15.3. The van der Waals surface area contributed by atoms with Gasteiger partial charge in [-0.25, -0.2) is 4.39 Å². The van der Waals surface area contributed by atoms with Gasteiger partial charge in [-0.3, -0.25) is 10.1 Å². The minimum atomic E-state index is -1.88. The summed E-state index contributed by atoms with van der Waals surface area (Å²) in [6.07, 6.45) is 0. The van der Waals surface area contributed by atoms with Gasteiger partial charge in [0.15, 0.2) is 8.32 Å². The van der Waals surface area contributed by atoms with Gasteiger partial charge in [0.05, 0.1) is 11.5 Å². The van der Waals surface area contributed by atoms with Crippen LogP contribution in [0.25, 0.3) is 11.1 Å². The molecule has 25 heavy (non-hydrogen) atoms. The molecule has 0 fully saturated rings. The number of rotatable bonds is 5. The number of halogens is 1. The first-order valence-corrected chi connectivity index (χ1v) is 11.1. The summed E-state index contributed by atoms with van der Waals surface area (Å²) in [5.41, 5.74) is 1.63. The van der Waals surface area contributed by atoms with E-state index in [4.69, 9.17) is 4.43 Å². The fourth-order valence-corrected chi connectivity index (χ4v) is 3.12. The lowest BCUT2D eigenvalue weighted by atomic mass is 10.0. The van der Waals surface area contributed by atoms with Crippen LogP contribution in [0.2, 0.25) is 18.1 Å². The van der Waals surface area contributed by atoms with Crippen molar-refractivity contribution in [2.45, 2.75) is 45.5 Å². The molecular formula is C19H24FNO3Si. The largest absolute Gasteiger partial charge is 0.413 e. The molecule has 0 unspecified atom stereocenters. The molecule has 2 aromatic rings. The summed E-state index contributed by atoms with van der Waals surface area (Å²) in [4.78, 5) is 10.4. The average molecular weight is 361 g/mol. The lowest BCUT2D eigenvalue weighted by Gasteiger charge is -2.36. The van der Waals surface area contributed by atoms with E-state index in [9.17, 15) is 14.5 Å². The molecule has 0 bridgehead atoms. The molecule has 0 N–H and O–H groups in total. The van der Waals surface area contributed by atoms with Crippen LogP contribution in [0.15, 0.2) is 42.5 Å². The quantitative estimate of drug-likeness (QED) is 0.377. The Hall–Kier alpha value is -2.05. The molecule has 2 rings (SSSR count). The van der Waals surface area contributed by atoms with Crippen LogP contribution < -0.4 is 0 Å². The van der Waals surface area contributed by atoms with Gasteiger partial charge in [-0.2, -0.15) is 0 Å². The van der Waals surface area contributed by atoms with E-state index in [1.807, 2.05) is 18.2 Å². The maximum absolute atomic E-state index is 14.1. The van der Waals surface area contributed by atoms with Gasteiger partial charge in [0.1, 0.15) is 5.82 Å². The minimum absolute atomic E-state index is 0.108. The molecule has 0 heterocycles. The fourth-order valence-electron chi connectivity index (χ4n) is 2.16. The monoisotopic (exact) mass is 361 g/mol. The zero-order chi connectivity index (χ0) is 18.8. The Bertz CT molecular complexity index is 784. The molecule has 0 aliphatic carbocycles. The highest BCUT2D eigenvalue weighted by Gasteiger charge is 2.37. The maximum atomic E-state index is 14.1. The lowest BCUT2D eigenvalue weighted by Crippen LogP contribution is -2.40. The van der Waals surface area contributed by atoms with Crippen LogP contribution in [0.3, 0.4) is 0 Å². The average Bonchev–Trinajstić information content (AvgIpc) is 2.52. The van der Waals surface area contributed by atoms with Gasteiger partial charge < -0.3 is 4.43 Å². The van der Waals surface area contributed by atoms with Gasteiger partial charge in [-0.1, -0.05) is 39.0 Å². The summed E-state index contributed by atoms with van der Waals surface area (Å²) in [7, 11) is -1.88. The Morgan fingerprint density at radius 1 is 1.16 bits per heavy atom. The Morgan fingerprint density at radius 3 is 2.44 bits per heavy atom. The summed E-state index contributed by atoms with van der Waals surface area (Å²) in [5.74, 6) is -0.479. The lowest BCUT2D eigenvalue weighted by molar-refractivity contribution is -0.384. The van der Waals surface area contributed by atoms with E-state index in [1.54, 1.807) is 6.07 Å². The number of nitro groups is 1. The van der Waals surface area contributed by atoms with Gasteiger partial charge in [0, 0.05) is 17.7 Å². The zero-order valence-corrected chi connectivity index (χ0v) is 16.3. The first-order chi connectivity index (χ1) is 11.5. The molecule has 0 atom stereocenters. The highest BCUT2D eigenvalue weighted by atomic mass is 28.4. The second kappa shape index (κ2) is 7.05. The van der Waals surface area contributed by atoms with E-state index in [-0.39, 0.29) is 16.3 Å². The third-order valence-corrected chi connectivity index (χ3v) is 9.28. The molecule has 4 nitrogen and oxygen atoms in total. The van der Waals surface area contributed by atoms with Crippen molar-refractivity contribution in [3.63, 3.8) is 0 Å². The topological polar surface area (TPSA) is 52.4 Å². The number of benzene rings is 2. The van der Waals surface area contributed by atoms with E-state index >= 15 is 0 Å². The second-order valence-electron chi connectivity index (χ2n) is 7.67. The highest BCUT2D eigenvalue weighted by Crippen LogP contribution is 2.37. The van der Waals surface area contributed by atoms with Crippen molar-refractivity contribution in [3.8, 4) is 11.1 Å². The van der Waals surface area contributed by atoms with Crippen molar-refractivity contribution < 1.29 is 13.7 Å². The summed E-state index contributed by atoms with van der Waals surface area (Å²) in [5, 5.41) is 11.0. The van der Waals surface area contributed by atoms with E-state index in [1.165, 1.54) is 12.1 Å². The predicted molar refractivity (Wildman–Crippen MR) is 100 cm³/mol. The minimum Gasteiger partial charge on any atom is -0.413 e. The molecule has 0 aliphatic heterocycles. The summed E-state index contributed by atoms with van der Waals surface area (Å²) < 4.78 is 20.3. The Morgan fingerprint density at radius 2 is 1.84 bits per heavy atom. The smallest absolute Gasteiger partial charge is 0.270 e. The van der Waals surface area contributed by atoms with Crippen LogP contribution in [0, 0.1) is 15.9 Å².